The second kappa shape index (κ2) is 8.59. The van der Waals surface area contributed by atoms with Crippen molar-refractivity contribution in [2.75, 3.05) is 0 Å². The third-order valence-electron chi connectivity index (χ3n) is 7.45. The smallest absolute Gasteiger partial charge is 0.0991 e. The predicted octanol–water partition coefficient (Wildman–Crippen LogP) is 9.38. The molecule has 0 amide bonds. The maximum Gasteiger partial charge on any atom is 0.0991 e. The minimum atomic E-state index is 0.671. The van der Waals surface area contributed by atoms with Crippen LogP contribution in [0.3, 0.4) is 0 Å². The second-order valence-electron chi connectivity index (χ2n) is 9.62. The van der Waals surface area contributed by atoms with E-state index >= 15 is 0 Å². The molecule has 0 aliphatic carbocycles. The Labute approximate surface area is 220 Å². The average Bonchev–Trinajstić information content (AvgIpc) is 2.98. The van der Waals surface area contributed by atoms with Gasteiger partial charge < -0.3 is 0 Å². The third kappa shape index (κ3) is 3.40. The van der Waals surface area contributed by atoms with Crippen LogP contribution < -0.4 is 0 Å². The van der Waals surface area contributed by atoms with E-state index in [1.165, 1.54) is 32.7 Å². The van der Waals surface area contributed by atoms with Crippen LogP contribution in [0.5, 0.6) is 0 Å². The Hall–Kier alpha value is -5.44. The lowest BCUT2D eigenvalue weighted by atomic mass is 9.85. The first-order chi connectivity index (χ1) is 18.7. The van der Waals surface area contributed by atoms with E-state index in [9.17, 15) is 10.5 Å². The highest BCUT2D eigenvalue weighted by Gasteiger charge is 2.17. The molecule has 0 spiro atoms. The van der Waals surface area contributed by atoms with E-state index in [1.807, 2.05) is 36.4 Å². The Kier molecular flexibility index (Phi) is 4.93. The van der Waals surface area contributed by atoms with Gasteiger partial charge in [-0.3, -0.25) is 0 Å². The van der Waals surface area contributed by atoms with E-state index < -0.39 is 0 Å². The molecule has 0 atom stereocenters. The normalized spacial score (nSPS) is 11.1. The quantitative estimate of drug-likeness (QED) is 0.231. The first-order valence-electron chi connectivity index (χ1n) is 12.6. The van der Waals surface area contributed by atoms with Crippen LogP contribution in [0.25, 0.3) is 65.3 Å². The molecule has 0 bridgehead atoms. The minimum absolute atomic E-state index is 0.671. The molecule has 174 valence electrons. The molecule has 0 saturated carbocycles. The summed E-state index contributed by atoms with van der Waals surface area (Å²) < 4.78 is 0. The van der Waals surface area contributed by atoms with Gasteiger partial charge in [-0.25, -0.2) is 0 Å². The molecule has 38 heavy (non-hydrogen) atoms. The van der Waals surface area contributed by atoms with E-state index in [0.717, 1.165) is 32.7 Å². The fraction of sp³-hybridized carbons (Fsp3) is 0. The Morgan fingerprint density at radius 3 is 1.08 bits per heavy atom. The predicted molar refractivity (Wildman–Crippen MR) is 157 cm³/mol. The standard InChI is InChI=1S/C36H20N2/c37-21-23-9-11-27-19-29(15-13-25(27)17-23)35-31-5-1-2-6-32(31)36(34-8-4-3-7-33(34)35)30-16-14-26-18-24(22-38)10-12-28(26)20-30/h1-20H. The second-order valence-corrected chi connectivity index (χ2v) is 9.62. The summed E-state index contributed by atoms with van der Waals surface area (Å²) in [5.74, 6) is 0. The number of nitriles is 2. The summed E-state index contributed by atoms with van der Waals surface area (Å²) in [5.41, 5.74) is 6.08. The van der Waals surface area contributed by atoms with Gasteiger partial charge in [0.25, 0.3) is 0 Å². The van der Waals surface area contributed by atoms with E-state index in [2.05, 4.69) is 97.1 Å². The Morgan fingerprint density at radius 1 is 0.368 bits per heavy atom. The fourth-order valence-electron chi connectivity index (χ4n) is 5.69. The largest absolute Gasteiger partial charge is 0.192 e. The van der Waals surface area contributed by atoms with Crippen LogP contribution in [0.15, 0.2) is 121 Å². The van der Waals surface area contributed by atoms with Gasteiger partial charge in [-0.15, -0.1) is 0 Å². The molecule has 7 rings (SSSR count). The van der Waals surface area contributed by atoms with Gasteiger partial charge in [0.2, 0.25) is 0 Å². The molecule has 2 heteroatoms. The van der Waals surface area contributed by atoms with Crippen molar-refractivity contribution < 1.29 is 0 Å². The van der Waals surface area contributed by atoms with Crippen LogP contribution in [0.1, 0.15) is 11.1 Å². The van der Waals surface area contributed by atoms with Crippen LogP contribution in [0, 0.1) is 22.7 Å². The average molecular weight is 481 g/mol. The highest BCUT2D eigenvalue weighted by atomic mass is 14.2. The van der Waals surface area contributed by atoms with E-state index in [4.69, 9.17) is 0 Å². The summed E-state index contributed by atoms with van der Waals surface area (Å²) in [4.78, 5) is 0. The van der Waals surface area contributed by atoms with Crippen LogP contribution in [-0.2, 0) is 0 Å². The lowest BCUT2D eigenvalue weighted by Gasteiger charge is -2.18. The van der Waals surface area contributed by atoms with Crippen LogP contribution in [0.4, 0.5) is 0 Å². The van der Waals surface area contributed by atoms with Gasteiger partial charge in [0.15, 0.2) is 0 Å². The molecule has 0 aromatic heterocycles. The molecule has 2 nitrogen and oxygen atoms in total. The van der Waals surface area contributed by atoms with Crippen molar-refractivity contribution in [1.29, 1.82) is 10.5 Å². The number of hydrogen-bond acceptors (Lipinski definition) is 2. The number of nitrogens with zero attached hydrogens (tertiary/aromatic N) is 2. The maximum atomic E-state index is 9.31. The highest BCUT2D eigenvalue weighted by Crippen LogP contribution is 2.44. The Morgan fingerprint density at radius 2 is 0.711 bits per heavy atom. The molecule has 0 aliphatic rings. The number of fused-ring (bicyclic) bond motifs is 4. The zero-order valence-electron chi connectivity index (χ0n) is 20.4. The molecular weight excluding hydrogens is 460 g/mol. The first kappa shape index (κ1) is 21.8. The molecular formula is C36H20N2. The maximum absolute atomic E-state index is 9.31. The monoisotopic (exact) mass is 480 g/mol. The van der Waals surface area contributed by atoms with Crippen molar-refractivity contribution in [3.05, 3.63) is 132 Å². The van der Waals surface area contributed by atoms with Crippen molar-refractivity contribution >= 4 is 43.1 Å². The number of rotatable bonds is 2. The molecule has 0 radical (unpaired) electrons. The van der Waals surface area contributed by atoms with Gasteiger partial charge in [-0.2, -0.15) is 10.5 Å². The van der Waals surface area contributed by atoms with Crippen molar-refractivity contribution in [1.82, 2.24) is 0 Å². The van der Waals surface area contributed by atoms with E-state index in [0.29, 0.717) is 11.1 Å². The van der Waals surface area contributed by atoms with Gasteiger partial charge in [0.05, 0.1) is 23.3 Å². The van der Waals surface area contributed by atoms with Crippen molar-refractivity contribution in [2.45, 2.75) is 0 Å². The third-order valence-corrected chi connectivity index (χ3v) is 7.45. The zero-order chi connectivity index (χ0) is 25.6. The molecule has 0 saturated heterocycles. The molecule has 0 heterocycles. The molecule has 0 aliphatic heterocycles. The van der Waals surface area contributed by atoms with Gasteiger partial charge in [-0.05, 0) is 102 Å². The molecule has 7 aromatic carbocycles. The van der Waals surface area contributed by atoms with Gasteiger partial charge in [-0.1, -0.05) is 84.9 Å². The Balaban J connectivity index is 1.54. The zero-order valence-corrected chi connectivity index (χ0v) is 20.4. The molecule has 0 N–H and O–H groups in total. The highest BCUT2D eigenvalue weighted by molar-refractivity contribution is 6.22. The Bertz CT molecular complexity index is 1940. The van der Waals surface area contributed by atoms with Crippen molar-refractivity contribution in [3.8, 4) is 34.4 Å². The lowest BCUT2D eigenvalue weighted by molar-refractivity contribution is 1.50. The van der Waals surface area contributed by atoms with E-state index in [-0.39, 0.29) is 0 Å². The summed E-state index contributed by atoms with van der Waals surface area (Å²) in [6, 6.07) is 46.5. The summed E-state index contributed by atoms with van der Waals surface area (Å²) in [6.07, 6.45) is 0. The van der Waals surface area contributed by atoms with Gasteiger partial charge in [0, 0.05) is 0 Å². The van der Waals surface area contributed by atoms with Crippen LogP contribution >= 0.6 is 0 Å². The van der Waals surface area contributed by atoms with Crippen molar-refractivity contribution in [2.24, 2.45) is 0 Å². The summed E-state index contributed by atoms with van der Waals surface area (Å²) in [7, 11) is 0. The van der Waals surface area contributed by atoms with Crippen LogP contribution in [-0.4, -0.2) is 0 Å². The summed E-state index contributed by atoms with van der Waals surface area (Å²) >= 11 is 0. The number of benzene rings is 7. The summed E-state index contributed by atoms with van der Waals surface area (Å²) in [5, 5.41) is 27.8. The van der Waals surface area contributed by atoms with Crippen LogP contribution in [0.2, 0.25) is 0 Å². The number of hydrogen-bond donors (Lipinski definition) is 0. The topological polar surface area (TPSA) is 47.6 Å². The molecule has 0 unspecified atom stereocenters. The van der Waals surface area contributed by atoms with E-state index in [1.54, 1.807) is 0 Å². The van der Waals surface area contributed by atoms with Gasteiger partial charge >= 0.3 is 0 Å². The first-order valence-corrected chi connectivity index (χ1v) is 12.6. The van der Waals surface area contributed by atoms with Gasteiger partial charge in [0.1, 0.15) is 0 Å². The summed E-state index contributed by atoms with van der Waals surface area (Å²) in [6.45, 7) is 0. The van der Waals surface area contributed by atoms with Crippen molar-refractivity contribution in [3.63, 3.8) is 0 Å². The molecule has 0 fully saturated rings. The SMILES string of the molecule is N#Cc1ccc2cc(-c3c4ccccc4c(-c4ccc5cc(C#N)ccc5c4)c4ccccc34)ccc2c1. The minimum Gasteiger partial charge on any atom is -0.192 e. The molecule has 7 aromatic rings. The lowest BCUT2D eigenvalue weighted by Crippen LogP contribution is -1.91. The fourth-order valence-corrected chi connectivity index (χ4v) is 5.69.